The molecule has 0 aliphatic carbocycles. The lowest BCUT2D eigenvalue weighted by molar-refractivity contribution is -0.139. The minimum absolute atomic E-state index is 0. The predicted molar refractivity (Wildman–Crippen MR) is 92.9 cm³/mol. The summed E-state index contributed by atoms with van der Waals surface area (Å²) in [5, 5.41) is 25.6. The minimum atomic E-state index is -0.921. The Hall–Kier alpha value is -1.46. The quantitative estimate of drug-likeness (QED) is 0.272. The molecule has 11 heteroatoms. The fourth-order valence-corrected chi connectivity index (χ4v) is 1.70. The standard InChI is InChI=1S/C15H27NO9.ClH/c17-13(18)1-7-23-10-4-16(5-11-24-8-2-14(19)20)6-12-25-9-3-15(21)22;/h1-12H2,(H,17,18)(H,19,20)(H,21,22);1H. The first kappa shape index (κ1) is 26.8. The van der Waals surface area contributed by atoms with Crippen LogP contribution in [0.1, 0.15) is 19.3 Å². The molecule has 0 aromatic heterocycles. The fraction of sp³-hybridized carbons (Fsp3) is 0.800. The van der Waals surface area contributed by atoms with Crippen molar-refractivity contribution in [2.75, 3.05) is 59.3 Å². The van der Waals surface area contributed by atoms with Crippen LogP contribution in [0, 0.1) is 0 Å². The average molecular weight is 402 g/mol. The number of halogens is 1. The molecule has 3 N–H and O–H groups in total. The Morgan fingerprint density at radius 3 is 1.08 bits per heavy atom. The second-order valence-electron chi connectivity index (χ2n) is 5.11. The maximum absolute atomic E-state index is 10.4. The summed E-state index contributed by atoms with van der Waals surface area (Å²) in [4.78, 5) is 33.1. The first-order valence-corrected chi connectivity index (χ1v) is 8.02. The van der Waals surface area contributed by atoms with E-state index >= 15 is 0 Å². The van der Waals surface area contributed by atoms with Crippen molar-refractivity contribution in [3.8, 4) is 0 Å². The summed E-state index contributed by atoms with van der Waals surface area (Å²) in [6.07, 6.45) is -0.177. The molecule has 0 amide bonds. The third-order valence-electron chi connectivity index (χ3n) is 3.04. The van der Waals surface area contributed by atoms with E-state index in [1.54, 1.807) is 0 Å². The van der Waals surface area contributed by atoms with Crippen LogP contribution in [0.4, 0.5) is 0 Å². The van der Waals surface area contributed by atoms with Gasteiger partial charge >= 0.3 is 17.9 Å². The Kier molecular flexibility index (Phi) is 18.9. The molecule has 0 unspecified atom stereocenters. The Morgan fingerprint density at radius 2 is 0.846 bits per heavy atom. The van der Waals surface area contributed by atoms with Crippen LogP contribution in [0.5, 0.6) is 0 Å². The molecule has 0 atom stereocenters. The van der Waals surface area contributed by atoms with Gasteiger partial charge in [0.25, 0.3) is 0 Å². The van der Waals surface area contributed by atoms with Gasteiger partial charge in [-0.05, 0) is 0 Å². The lowest BCUT2D eigenvalue weighted by Crippen LogP contribution is -2.34. The first-order valence-electron chi connectivity index (χ1n) is 8.02. The SMILES string of the molecule is Cl.O=C(O)CCOCCN(CCOCCC(=O)O)CCOCCC(=O)O. The summed E-state index contributed by atoms with van der Waals surface area (Å²) in [7, 11) is 0. The van der Waals surface area contributed by atoms with Crippen molar-refractivity contribution in [3.05, 3.63) is 0 Å². The average Bonchev–Trinajstić information content (AvgIpc) is 2.52. The van der Waals surface area contributed by atoms with Crippen LogP contribution in [0.2, 0.25) is 0 Å². The van der Waals surface area contributed by atoms with Crippen molar-refractivity contribution in [1.82, 2.24) is 4.90 Å². The van der Waals surface area contributed by atoms with Crippen molar-refractivity contribution >= 4 is 30.3 Å². The van der Waals surface area contributed by atoms with Crippen molar-refractivity contribution in [2.24, 2.45) is 0 Å². The summed E-state index contributed by atoms with van der Waals surface area (Å²) in [5.74, 6) is -2.76. The normalized spacial score (nSPS) is 10.5. The second kappa shape index (κ2) is 18.3. The van der Waals surface area contributed by atoms with Crippen molar-refractivity contribution in [3.63, 3.8) is 0 Å². The molecule has 0 fully saturated rings. The van der Waals surface area contributed by atoms with Crippen LogP contribution in [0.3, 0.4) is 0 Å². The van der Waals surface area contributed by atoms with Crippen LogP contribution in [-0.4, -0.2) is 97.4 Å². The monoisotopic (exact) mass is 401 g/mol. The molecule has 0 rings (SSSR count). The number of carboxylic acids is 3. The van der Waals surface area contributed by atoms with Crippen molar-refractivity contribution in [1.29, 1.82) is 0 Å². The highest BCUT2D eigenvalue weighted by Gasteiger charge is 2.07. The van der Waals surface area contributed by atoms with E-state index in [-0.39, 0.29) is 51.5 Å². The fourth-order valence-electron chi connectivity index (χ4n) is 1.70. The third kappa shape index (κ3) is 20.6. The predicted octanol–water partition coefficient (Wildman–Crippen LogP) is 0.184. The molecule has 0 spiro atoms. The molecule has 0 saturated heterocycles. The number of nitrogens with zero attached hydrogens (tertiary/aromatic N) is 1. The number of carbonyl (C=O) groups is 3. The van der Waals surface area contributed by atoms with Crippen molar-refractivity contribution < 1.29 is 43.9 Å². The minimum Gasteiger partial charge on any atom is -0.481 e. The Balaban J connectivity index is 0. The van der Waals surface area contributed by atoms with Gasteiger partial charge in [0.05, 0.1) is 58.9 Å². The van der Waals surface area contributed by atoms with Gasteiger partial charge in [0.1, 0.15) is 0 Å². The first-order chi connectivity index (χ1) is 11.9. The van der Waals surface area contributed by atoms with Gasteiger partial charge < -0.3 is 29.5 Å². The maximum atomic E-state index is 10.4. The molecule has 0 aromatic rings. The highest BCUT2D eigenvalue weighted by atomic mass is 35.5. The van der Waals surface area contributed by atoms with Crippen LogP contribution < -0.4 is 0 Å². The number of rotatable bonds is 18. The van der Waals surface area contributed by atoms with Gasteiger partial charge in [0.15, 0.2) is 0 Å². The van der Waals surface area contributed by atoms with E-state index in [0.717, 1.165) is 0 Å². The summed E-state index contributed by atoms with van der Waals surface area (Å²) in [5.41, 5.74) is 0. The number of ether oxygens (including phenoxy) is 3. The zero-order valence-electron chi connectivity index (χ0n) is 14.6. The van der Waals surface area contributed by atoms with Gasteiger partial charge in [-0.1, -0.05) is 0 Å². The van der Waals surface area contributed by atoms with Crippen LogP contribution in [0.15, 0.2) is 0 Å². The van der Waals surface area contributed by atoms with E-state index in [1.807, 2.05) is 4.90 Å². The largest absolute Gasteiger partial charge is 0.481 e. The number of carboxylic acid groups (broad SMARTS) is 3. The van der Waals surface area contributed by atoms with E-state index < -0.39 is 17.9 Å². The summed E-state index contributed by atoms with van der Waals surface area (Å²) in [6, 6.07) is 0. The highest BCUT2D eigenvalue weighted by molar-refractivity contribution is 5.85. The van der Waals surface area contributed by atoms with Gasteiger partial charge in [-0.2, -0.15) is 0 Å². The summed E-state index contributed by atoms with van der Waals surface area (Å²) < 4.78 is 15.7. The third-order valence-corrected chi connectivity index (χ3v) is 3.04. The number of hydrogen-bond donors (Lipinski definition) is 3. The molecule has 0 aromatic carbocycles. The topological polar surface area (TPSA) is 143 Å². The zero-order chi connectivity index (χ0) is 18.9. The molecule has 0 aliphatic heterocycles. The van der Waals surface area contributed by atoms with E-state index in [4.69, 9.17) is 29.5 Å². The van der Waals surface area contributed by atoms with Gasteiger partial charge in [0, 0.05) is 19.6 Å². The number of hydrogen-bond acceptors (Lipinski definition) is 7. The second-order valence-corrected chi connectivity index (χ2v) is 5.11. The molecule has 0 bridgehead atoms. The van der Waals surface area contributed by atoms with Gasteiger partial charge in [-0.15, -0.1) is 12.4 Å². The molecule has 154 valence electrons. The number of aliphatic carboxylic acids is 3. The molecule has 0 aliphatic rings. The lowest BCUT2D eigenvalue weighted by atomic mass is 10.4. The molecule has 0 saturated carbocycles. The van der Waals surface area contributed by atoms with E-state index in [1.165, 1.54) is 0 Å². The van der Waals surface area contributed by atoms with Gasteiger partial charge in [0.2, 0.25) is 0 Å². The molecule has 26 heavy (non-hydrogen) atoms. The highest BCUT2D eigenvalue weighted by Crippen LogP contribution is 1.94. The van der Waals surface area contributed by atoms with Crippen LogP contribution in [0.25, 0.3) is 0 Å². The molecular formula is C15H28ClNO9. The zero-order valence-corrected chi connectivity index (χ0v) is 15.4. The van der Waals surface area contributed by atoms with Crippen LogP contribution in [-0.2, 0) is 28.6 Å². The smallest absolute Gasteiger partial charge is 0.305 e. The Bertz CT molecular complexity index is 338. The maximum Gasteiger partial charge on any atom is 0.305 e. The summed E-state index contributed by atoms with van der Waals surface area (Å²) >= 11 is 0. The Labute approximate surface area is 158 Å². The van der Waals surface area contributed by atoms with Crippen molar-refractivity contribution in [2.45, 2.75) is 19.3 Å². The summed E-state index contributed by atoms with van der Waals surface area (Å²) in [6.45, 7) is 3.03. The van der Waals surface area contributed by atoms with Crippen LogP contribution >= 0.6 is 12.4 Å². The Morgan fingerprint density at radius 1 is 0.577 bits per heavy atom. The van der Waals surface area contributed by atoms with E-state index in [9.17, 15) is 14.4 Å². The molecular weight excluding hydrogens is 374 g/mol. The van der Waals surface area contributed by atoms with Gasteiger partial charge in [-0.25, -0.2) is 0 Å². The molecule has 10 nitrogen and oxygen atoms in total. The molecule has 0 radical (unpaired) electrons. The van der Waals surface area contributed by atoms with Gasteiger partial charge in [-0.3, -0.25) is 19.3 Å². The van der Waals surface area contributed by atoms with E-state index in [0.29, 0.717) is 39.5 Å². The van der Waals surface area contributed by atoms with E-state index in [2.05, 4.69) is 0 Å². The molecule has 0 heterocycles. The lowest BCUT2D eigenvalue weighted by Gasteiger charge is -2.22.